The van der Waals surface area contributed by atoms with Gasteiger partial charge < -0.3 is 10.0 Å². The first-order valence-electron chi connectivity index (χ1n) is 10.4. The minimum atomic E-state index is -0.786. The van der Waals surface area contributed by atoms with Gasteiger partial charge >= 0.3 is 5.97 Å². The van der Waals surface area contributed by atoms with Crippen molar-refractivity contribution in [3.8, 4) is 0 Å². The van der Waals surface area contributed by atoms with Crippen LogP contribution in [0.25, 0.3) is 10.8 Å². The summed E-state index contributed by atoms with van der Waals surface area (Å²) >= 11 is 0. The molecule has 5 nitrogen and oxygen atoms in total. The number of amides is 1. The largest absolute Gasteiger partial charge is 0.481 e. The summed E-state index contributed by atoms with van der Waals surface area (Å²) in [6.45, 7) is 2.58. The number of hydrogen-bond acceptors (Lipinski definition) is 3. The quantitative estimate of drug-likeness (QED) is 0.683. The normalized spacial score (nSPS) is 15.8. The first kappa shape index (κ1) is 20.1. The second-order valence-corrected chi connectivity index (χ2v) is 7.83. The summed E-state index contributed by atoms with van der Waals surface area (Å²) in [6, 6.07) is 23.8. The van der Waals surface area contributed by atoms with Crippen molar-refractivity contribution in [2.75, 3.05) is 26.2 Å². The molecule has 154 valence electrons. The number of aliphatic carboxylic acids is 1. The van der Waals surface area contributed by atoms with Gasteiger partial charge in [-0.1, -0.05) is 60.7 Å². The molecule has 1 atom stereocenters. The minimum Gasteiger partial charge on any atom is -0.481 e. The molecule has 1 N–H and O–H groups in total. The molecule has 0 spiro atoms. The number of benzene rings is 3. The highest BCUT2D eigenvalue weighted by Gasteiger charge is 2.28. The molecule has 3 aromatic carbocycles. The maximum absolute atomic E-state index is 13.0. The number of carbonyl (C=O) groups is 2. The van der Waals surface area contributed by atoms with Gasteiger partial charge in [-0.2, -0.15) is 0 Å². The van der Waals surface area contributed by atoms with E-state index >= 15 is 0 Å². The lowest BCUT2D eigenvalue weighted by atomic mass is 10.0. The molecule has 1 aliphatic heterocycles. The number of fused-ring (bicyclic) bond motifs is 1. The first-order chi connectivity index (χ1) is 14.6. The van der Waals surface area contributed by atoms with Crippen molar-refractivity contribution >= 4 is 22.6 Å². The van der Waals surface area contributed by atoms with Crippen molar-refractivity contribution in [2.24, 2.45) is 0 Å². The van der Waals surface area contributed by atoms with Gasteiger partial charge in [-0.25, -0.2) is 0 Å². The van der Waals surface area contributed by atoms with Gasteiger partial charge in [-0.3, -0.25) is 14.5 Å². The van der Waals surface area contributed by atoms with E-state index in [1.165, 1.54) is 0 Å². The predicted molar refractivity (Wildman–Crippen MR) is 118 cm³/mol. The van der Waals surface area contributed by atoms with Gasteiger partial charge in [-0.05, 0) is 34.9 Å². The number of hydrogen-bond donors (Lipinski definition) is 1. The molecule has 1 unspecified atom stereocenters. The molecule has 1 amide bonds. The lowest BCUT2D eigenvalue weighted by Gasteiger charge is -2.39. The van der Waals surface area contributed by atoms with Crippen LogP contribution in [0.1, 0.15) is 22.3 Å². The van der Waals surface area contributed by atoms with Crippen molar-refractivity contribution in [1.82, 2.24) is 9.80 Å². The zero-order chi connectivity index (χ0) is 20.9. The zero-order valence-electron chi connectivity index (χ0n) is 16.9. The third-order valence-electron chi connectivity index (χ3n) is 5.84. The number of carbonyl (C=O) groups excluding carboxylic acids is 1. The first-order valence-corrected chi connectivity index (χ1v) is 10.4. The van der Waals surface area contributed by atoms with Crippen molar-refractivity contribution < 1.29 is 14.7 Å². The van der Waals surface area contributed by atoms with Crippen molar-refractivity contribution in [2.45, 2.75) is 18.9 Å². The third-order valence-corrected chi connectivity index (χ3v) is 5.84. The van der Waals surface area contributed by atoms with Crippen LogP contribution in [-0.2, 0) is 11.2 Å². The summed E-state index contributed by atoms with van der Waals surface area (Å²) in [5, 5.41) is 11.6. The molecule has 0 radical (unpaired) electrons. The van der Waals surface area contributed by atoms with E-state index in [9.17, 15) is 14.7 Å². The highest BCUT2D eigenvalue weighted by atomic mass is 16.4. The van der Waals surface area contributed by atoms with Gasteiger partial charge in [0.15, 0.2) is 0 Å². The minimum absolute atomic E-state index is 0.0400. The Balaban J connectivity index is 1.41. The Hall–Kier alpha value is -3.18. The topological polar surface area (TPSA) is 60.9 Å². The van der Waals surface area contributed by atoms with E-state index in [4.69, 9.17) is 0 Å². The molecule has 4 rings (SSSR count). The Morgan fingerprint density at radius 3 is 2.20 bits per heavy atom. The van der Waals surface area contributed by atoms with Crippen molar-refractivity contribution in [3.63, 3.8) is 0 Å². The van der Waals surface area contributed by atoms with Crippen LogP contribution < -0.4 is 0 Å². The van der Waals surface area contributed by atoms with Crippen LogP contribution in [0.2, 0.25) is 0 Å². The zero-order valence-corrected chi connectivity index (χ0v) is 16.9. The molecular weight excluding hydrogens is 376 g/mol. The SMILES string of the molecule is O=C(O)CC(Cc1ccccc1)N1CCN(C(=O)c2ccc3ccccc3c2)CC1. The van der Waals surface area contributed by atoms with Crippen LogP contribution in [0.4, 0.5) is 0 Å². The molecule has 1 aliphatic rings. The van der Waals surface area contributed by atoms with Gasteiger partial charge in [0.05, 0.1) is 6.42 Å². The smallest absolute Gasteiger partial charge is 0.304 e. The fraction of sp³-hybridized carbons (Fsp3) is 0.280. The summed E-state index contributed by atoms with van der Waals surface area (Å²) in [4.78, 5) is 28.5. The second kappa shape index (κ2) is 9.09. The average molecular weight is 402 g/mol. The van der Waals surface area contributed by atoms with Crippen molar-refractivity contribution in [3.05, 3.63) is 83.9 Å². The Bertz CT molecular complexity index is 1030. The van der Waals surface area contributed by atoms with Crippen molar-refractivity contribution in [1.29, 1.82) is 0 Å². The molecule has 0 aliphatic carbocycles. The van der Waals surface area contributed by atoms with E-state index in [1.807, 2.05) is 77.7 Å². The molecule has 3 aromatic rings. The van der Waals surface area contributed by atoms with Crippen LogP contribution in [-0.4, -0.2) is 59.0 Å². The molecule has 5 heteroatoms. The van der Waals surface area contributed by atoms with E-state index in [-0.39, 0.29) is 18.4 Å². The third kappa shape index (κ3) is 4.69. The maximum atomic E-state index is 13.0. The highest BCUT2D eigenvalue weighted by molar-refractivity contribution is 5.98. The number of carboxylic acids is 1. The fourth-order valence-corrected chi connectivity index (χ4v) is 4.21. The summed E-state index contributed by atoms with van der Waals surface area (Å²) in [5.41, 5.74) is 1.84. The van der Waals surface area contributed by atoms with Crippen LogP contribution in [0, 0.1) is 0 Å². The van der Waals surface area contributed by atoms with Gasteiger partial charge in [0.1, 0.15) is 0 Å². The number of rotatable bonds is 6. The Morgan fingerprint density at radius 2 is 1.50 bits per heavy atom. The lowest BCUT2D eigenvalue weighted by molar-refractivity contribution is -0.138. The summed E-state index contributed by atoms with van der Waals surface area (Å²) in [6.07, 6.45) is 0.805. The van der Waals surface area contributed by atoms with E-state index in [2.05, 4.69) is 4.90 Å². The van der Waals surface area contributed by atoms with Crippen LogP contribution in [0.3, 0.4) is 0 Å². The fourth-order valence-electron chi connectivity index (χ4n) is 4.21. The predicted octanol–water partition coefficient (Wildman–Crippen LogP) is 3.68. The highest BCUT2D eigenvalue weighted by Crippen LogP contribution is 2.19. The summed E-state index contributed by atoms with van der Waals surface area (Å²) in [5.74, 6) is -0.746. The molecule has 1 saturated heterocycles. The molecular formula is C25H26N2O3. The lowest BCUT2D eigenvalue weighted by Crippen LogP contribution is -2.52. The maximum Gasteiger partial charge on any atom is 0.304 e. The Labute approximate surface area is 176 Å². The molecule has 0 bridgehead atoms. The number of nitrogens with zero attached hydrogens (tertiary/aromatic N) is 2. The van der Waals surface area contributed by atoms with Crippen LogP contribution in [0.5, 0.6) is 0 Å². The molecule has 0 saturated carbocycles. The van der Waals surface area contributed by atoms with Gasteiger partial charge in [0, 0.05) is 37.8 Å². The summed E-state index contributed by atoms with van der Waals surface area (Å²) < 4.78 is 0. The van der Waals surface area contributed by atoms with Crippen LogP contribution >= 0.6 is 0 Å². The average Bonchev–Trinajstić information content (AvgIpc) is 2.78. The van der Waals surface area contributed by atoms with E-state index in [0.29, 0.717) is 38.2 Å². The van der Waals surface area contributed by atoms with Crippen LogP contribution in [0.15, 0.2) is 72.8 Å². The van der Waals surface area contributed by atoms with Gasteiger partial charge in [0.25, 0.3) is 5.91 Å². The standard InChI is InChI=1S/C25H26N2O3/c28-24(29)18-23(16-19-6-2-1-3-7-19)26-12-14-27(15-13-26)25(30)22-11-10-20-8-4-5-9-21(20)17-22/h1-11,17,23H,12-16,18H2,(H,28,29). The molecule has 30 heavy (non-hydrogen) atoms. The monoisotopic (exact) mass is 402 g/mol. The molecule has 1 heterocycles. The summed E-state index contributed by atoms with van der Waals surface area (Å²) in [7, 11) is 0. The van der Waals surface area contributed by atoms with E-state index < -0.39 is 5.97 Å². The van der Waals surface area contributed by atoms with E-state index in [1.54, 1.807) is 0 Å². The van der Waals surface area contributed by atoms with Gasteiger partial charge in [-0.15, -0.1) is 0 Å². The molecule has 1 fully saturated rings. The number of piperazine rings is 1. The molecule has 0 aromatic heterocycles. The number of carboxylic acid groups (broad SMARTS) is 1. The Morgan fingerprint density at radius 1 is 0.833 bits per heavy atom. The second-order valence-electron chi connectivity index (χ2n) is 7.83. The Kier molecular flexibility index (Phi) is 6.10. The van der Waals surface area contributed by atoms with E-state index in [0.717, 1.165) is 16.3 Å². The van der Waals surface area contributed by atoms with Gasteiger partial charge in [0.2, 0.25) is 0 Å².